The molecule has 3 heteroatoms. The highest BCUT2D eigenvalue weighted by atomic mass is 79.9. The molecule has 1 heterocycles. The minimum atomic E-state index is 0.307. The van der Waals surface area contributed by atoms with Crippen LogP contribution < -0.4 is 0 Å². The molecule has 2 fully saturated rings. The van der Waals surface area contributed by atoms with Crippen LogP contribution in [0.5, 0.6) is 0 Å². The summed E-state index contributed by atoms with van der Waals surface area (Å²) in [6.07, 6.45) is 5.77. The number of amides is 1. The molecule has 1 atom stereocenters. The molecule has 1 amide bonds. The molecule has 0 spiro atoms. The van der Waals surface area contributed by atoms with Crippen LogP contribution in [0.15, 0.2) is 0 Å². The number of carbonyl (C=O) groups is 1. The first-order valence-electron chi connectivity index (χ1n) is 7.31. The Morgan fingerprint density at radius 2 is 1.72 bits per heavy atom. The zero-order chi connectivity index (χ0) is 13.3. The van der Waals surface area contributed by atoms with Gasteiger partial charge in [0.15, 0.2) is 0 Å². The zero-order valence-corrected chi connectivity index (χ0v) is 13.5. The quantitative estimate of drug-likeness (QED) is 0.673. The summed E-state index contributed by atoms with van der Waals surface area (Å²) >= 11 is 3.61. The number of carbonyl (C=O) groups excluding carboxylic acids is 1. The third kappa shape index (κ3) is 3.28. The molecule has 0 bridgehead atoms. The van der Waals surface area contributed by atoms with Gasteiger partial charge in [-0.3, -0.25) is 4.79 Å². The van der Waals surface area contributed by atoms with Crippen molar-refractivity contribution in [3.8, 4) is 0 Å². The smallest absolute Gasteiger partial charge is 0.225 e. The van der Waals surface area contributed by atoms with E-state index in [0.717, 1.165) is 38.3 Å². The monoisotopic (exact) mass is 315 g/mol. The van der Waals surface area contributed by atoms with E-state index in [1.165, 1.54) is 12.8 Å². The van der Waals surface area contributed by atoms with Gasteiger partial charge in [0.1, 0.15) is 0 Å². The average molecular weight is 316 g/mol. The Balaban J connectivity index is 1.84. The van der Waals surface area contributed by atoms with Gasteiger partial charge in [0.05, 0.1) is 0 Å². The molecule has 0 N–H and O–H groups in total. The van der Waals surface area contributed by atoms with Crippen molar-refractivity contribution in [2.45, 2.75) is 57.7 Å². The summed E-state index contributed by atoms with van der Waals surface area (Å²) in [5.41, 5.74) is 0.405. The van der Waals surface area contributed by atoms with E-state index in [1.807, 2.05) is 0 Å². The van der Waals surface area contributed by atoms with Gasteiger partial charge in [-0.1, -0.05) is 36.7 Å². The van der Waals surface area contributed by atoms with Crippen LogP contribution in [-0.4, -0.2) is 28.7 Å². The molecule has 104 valence electrons. The fraction of sp³-hybridized carbons (Fsp3) is 0.933. The van der Waals surface area contributed by atoms with E-state index in [-0.39, 0.29) is 0 Å². The predicted molar refractivity (Wildman–Crippen MR) is 78.8 cm³/mol. The lowest BCUT2D eigenvalue weighted by atomic mass is 9.69. The summed E-state index contributed by atoms with van der Waals surface area (Å²) in [6, 6.07) is 0. The highest BCUT2D eigenvalue weighted by Crippen LogP contribution is 2.40. The van der Waals surface area contributed by atoms with Crippen molar-refractivity contribution >= 4 is 21.8 Å². The van der Waals surface area contributed by atoms with E-state index in [4.69, 9.17) is 0 Å². The van der Waals surface area contributed by atoms with E-state index in [9.17, 15) is 4.79 Å². The highest BCUT2D eigenvalue weighted by Gasteiger charge is 2.35. The van der Waals surface area contributed by atoms with E-state index >= 15 is 0 Å². The first-order valence-corrected chi connectivity index (χ1v) is 8.22. The fourth-order valence-corrected chi connectivity index (χ4v) is 3.94. The normalized spacial score (nSPS) is 33.8. The number of hydrogen-bond acceptors (Lipinski definition) is 1. The summed E-state index contributed by atoms with van der Waals surface area (Å²) in [4.78, 5) is 15.0. The van der Waals surface area contributed by atoms with Gasteiger partial charge in [0.2, 0.25) is 5.91 Å². The molecule has 0 radical (unpaired) electrons. The third-order valence-electron chi connectivity index (χ3n) is 4.74. The third-order valence-corrected chi connectivity index (χ3v) is 5.49. The molecule has 2 aliphatic rings. The molecule has 1 aliphatic heterocycles. The van der Waals surface area contributed by atoms with Gasteiger partial charge < -0.3 is 4.90 Å². The lowest BCUT2D eigenvalue weighted by Gasteiger charge is -2.37. The number of nitrogens with zero attached hydrogens (tertiary/aromatic N) is 1. The van der Waals surface area contributed by atoms with Crippen LogP contribution in [0.4, 0.5) is 0 Å². The van der Waals surface area contributed by atoms with Crippen molar-refractivity contribution < 1.29 is 4.79 Å². The SMILES string of the molecule is CC(C)(C)C1CCC(C(=O)N2CCC(Br)C2)CC1. The van der Waals surface area contributed by atoms with Gasteiger partial charge in [-0.2, -0.15) is 0 Å². The van der Waals surface area contributed by atoms with Crippen molar-refractivity contribution in [3.05, 3.63) is 0 Å². The molecular weight excluding hydrogens is 290 g/mol. The second-order valence-corrected chi connectivity index (χ2v) is 8.38. The minimum absolute atomic E-state index is 0.307. The Morgan fingerprint density at radius 3 is 2.17 bits per heavy atom. The van der Waals surface area contributed by atoms with Crippen LogP contribution in [0.25, 0.3) is 0 Å². The van der Waals surface area contributed by atoms with E-state index < -0.39 is 0 Å². The molecule has 1 unspecified atom stereocenters. The number of likely N-dealkylation sites (tertiary alicyclic amines) is 1. The Kier molecular flexibility index (Phi) is 4.40. The highest BCUT2D eigenvalue weighted by molar-refractivity contribution is 9.09. The van der Waals surface area contributed by atoms with Crippen LogP contribution in [0.3, 0.4) is 0 Å². The van der Waals surface area contributed by atoms with Crippen LogP contribution in [0.1, 0.15) is 52.9 Å². The first kappa shape index (κ1) is 14.4. The topological polar surface area (TPSA) is 20.3 Å². The second kappa shape index (κ2) is 5.52. The van der Waals surface area contributed by atoms with E-state index in [2.05, 4.69) is 41.6 Å². The van der Waals surface area contributed by atoms with Crippen LogP contribution in [-0.2, 0) is 4.79 Å². The fourth-order valence-electron chi connectivity index (χ4n) is 3.38. The van der Waals surface area contributed by atoms with Gasteiger partial charge >= 0.3 is 0 Å². The molecule has 1 saturated carbocycles. The van der Waals surface area contributed by atoms with Crippen LogP contribution in [0, 0.1) is 17.3 Å². The zero-order valence-electron chi connectivity index (χ0n) is 11.9. The maximum Gasteiger partial charge on any atom is 0.225 e. The van der Waals surface area contributed by atoms with Crippen molar-refractivity contribution in [1.29, 1.82) is 0 Å². The van der Waals surface area contributed by atoms with Crippen molar-refractivity contribution in [2.75, 3.05) is 13.1 Å². The van der Waals surface area contributed by atoms with Gasteiger partial charge in [-0.15, -0.1) is 0 Å². The number of alkyl halides is 1. The molecule has 0 aromatic heterocycles. The van der Waals surface area contributed by atoms with Crippen LogP contribution in [0.2, 0.25) is 0 Å². The molecule has 2 nitrogen and oxygen atoms in total. The average Bonchev–Trinajstić information content (AvgIpc) is 2.74. The first-order chi connectivity index (χ1) is 8.38. The van der Waals surface area contributed by atoms with Crippen LogP contribution >= 0.6 is 15.9 Å². The Labute approximate surface area is 120 Å². The Hall–Kier alpha value is -0.0500. The number of halogens is 1. The molecule has 1 saturated heterocycles. The molecule has 1 aliphatic carbocycles. The minimum Gasteiger partial charge on any atom is -0.341 e. The molecule has 18 heavy (non-hydrogen) atoms. The van der Waals surface area contributed by atoms with Gasteiger partial charge in [0.25, 0.3) is 0 Å². The van der Waals surface area contributed by atoms with Crippen molar-refractivity contribution in [1.82, 2.24) is 4.90 Å². The molecule has 2 rings (SSSR count). The standard InChI is InChI=1S/C15H26BrNO/c1-15(2,3)12-6-4-11(5-7-12)14(18)17-9-8-13(16)10-17/h11-13H,4-10H2,1-3H3. The van der Waals surface area contributed by atoms with Crippen molar-refractivity contribution in [3.63, 3.8) is 0 Å². The summed E-state index contributed by atoms with van der Waals surface area (Å²) < 4.78 is 0. The lowest BCUT2D eigenvalue weighted by Crippen LogP contribution is -2.37. The maximum absolute atomic E-state index is 12.4. The van der Waals surface area contributed by atoms with E-state index in [1.54, 1.807) is 0 Å². The summed E-state index contributed by atoms with van der Waals surface area (Å²) in [7, 11) is 0. The maximum atomic E-state index is 12.4. The van der Waals surface area contributed by atoms with E-state index in [0.29, 0.717) is 22.1 Å². The summed E-state index contributed by atoms with van der Waals surface area (Å²) in [5.74, 6) is 1.52. The molecule has 0 aromatic carbocycles. The van der Waals surface area contributed by atoms with Crippen molar-refractivity contribution in [2.24, 2.45) is 17.3 Å². The predicted octanol–water partition coefficient (Wildman–Crippen LogP) is 3.83. The number of rotatable bonds is 1. The van der Waals surface area contributed by atoms with Gasteiger partial charge in [-0.25, -0.2) is 0 Å². The largest absolute Gasteiger partial charge is 0.341 e. The lowest BCUT2D eigenvalue weighted by molar-refractivity contribution is -0.136. The molecular formula is C15H26BrNO. The van der Waals surface area contributed by atoms with Gasteiger partial charge in [0, 0.05) is 23.8 Å². The Morgan fingerprint density at radius 1 is 1.11 bits per heavy atom. The van der Waals surface area contributed by atoms with Gasteiger partial charge in [-0.05, 0) is 43.4 Å². The molecule has 0 aromatic rings. The summed E-state index contributed by atoms with van der Waals surface area (Å²) in [6.45, 7) is 8.85. The Bertz CT molecular complexity index is 302. The second-order valence-electron chi connectivity index (χ2n) is 7.08. The summed E-state index contributed by atoms with van der Waals surface area (Å²) in [5, 5.41) is 0. The number of hydrogen-bond donors (Lipinski definition) is 0.